The minimum absolute atomic E-state index is 0.0903. The first-order valence-electron chi connectivity index (χ1n) is 12.0. The molecule has 35 heavy (non-hydrogen) atoms. The van der Waals surface area contributed by atoms with Gasteiger partial charge in [0.2, 0.25) is 10.0 Å². The van der Waals surface area contributed by atoms with Crippen molar-refractivity contribution < 1.29 is 27.4 Å². The molecule has 9 heteroatoms. The monoisotopic (exact) mass is 502 g/mol. The number of likely N-dealkylation sites (N-methyl/N-ethyl adjacent to an activating group) is 1. The first-order valence-corrected chi connectivity index (χ1v) is 13.5. The Morgan fingerprint density at radius 1 is 1.06 bits per heavy atom. The van der Waals surface area contributed by atoms with Gasteiger partial charge in [0.05, 0.1) is 12.4 Å². The Morgan fingerprint density at radius 2 is 1.77 bits per heavy atom. The Labute approximate surface area is 207 Å². The molecule has 1 saturated carbocycles. The molecule has 1 heterocycles. The molecule has 0 spiro atoms. The maximum Gasteiger partial charge on any atom is 0.268 e. The number of hydrogen-bond acceptors (Lipinski definition) is 6. The molecule has 1 amide bonds. The topological polar surface area (TPSA) is 85.4 Å². The van der Waals surface area contributed by atoms with Crippen LogP contribution in [0, 0.1) is 0 Å². The second-order valence-corrected chi connectivity index (χ2v) is 11.9. The molecule has 0 aromatic heterocycles. The van der Waals surface area contributed by atoms with Crippen molar-refractivity contribution in [2.75, 3.05) is 38.8 Å². The zero-order valence-corrected chi connectivity index (χ0v) is 21.6. The normalized spacial score (nSPS) is 18.4. The molecule has 1 aliphatic heterocycles. The summed E-state index contributed by atoms with van der Waals surface area (Å²) in [5, 5.41) is -0.491. The van der Waals surface area contributed by atoms with Gasteiger partial charge in [-0.05, 0) is 62.4 Å². The van der Waals surface area contributed by atoms with Crippen LogP contribution in [-0.4, -0.2) is 63.8 Å². The van der Waals surface area contributed by atoms with Crippen LogP contribution in [0.15, 0.2) is 42.5 Å². The number of amides is 1. The molecule has 0 unspecified atom stereocenters. The SMILES string of the molecule is COc1cc(N2CC[C@H](Oc3ccc(C4CC4)cc3)C2=O)ccc1OCCN(C)S(=O)(=O)C(C)C. The van der Waals surface area contributed by atoms with Gasteiger partial charge in [-0.2, -0.15) is 0 Å². The number of ether oxygens (including phenoxy) is 3. The average molecular weight is 503 g/mol. The fourth-order valence-corrected chi connectivity index (χ4v) is 5.18. The molecule has 1 aliphatic carbocycles. The molecule has 2 fully saturated rings. The number of sulfonamides is 1. The van der Waals surface area contributed by atoms with Crippen molar-refractivity contribution in [1.82, 2.24) is 4.31 Å². The zero-order valence-electron chi connectivity index (χ0n) is 20.8. The van der Waals surface area contributed by atoms with Crippen molar-refractivity contribution in [2.24, 2.45) is 0 Å². The number of benzene rings is 2. The van der Waals surface area contributed by atoms with E-state index in [1.165, 1.54) is 36.9 Å². The van der Waals surface area contributed by atoms with Gasteiger partial charge in [0.1, 0.15) is 12.4 Å². The number of carbonyl (C=O) groups is 1. The summed E-state index contributed by atoms with van der Waals surface area (Å²) in [5.74, 6) is 2.27. The van der Waals surface area contributed by atoms with Gasteiger partial charge >= 0.3 is 0 Å². The van der Waals surface area contributed by atoms with Gasteiger partial charge in [-0.1, -0.05) is 12.1 Å². The Bertz CT molecular complexity index is 1140. The highest BCUT2D eigenvalue weighted by molar-refractivity contribution is 7.89. The van der Waals surface area contributed by atoms with E-state index < -0.39 is 21.4 Å². The maximum absolute atomic E-state index is 13.0. The fraction of sp³-hybridized carbons (Fsp3) is 0.500. The van der Waals surface area contributed by atoms with Gasteiger partial charge < -0.3 is 19.1 Å². The summed E-state index contributed by atoms with van der Waals surface area (Å²) in [6.45, 7) is 4.24. The number of carbonyl (C=O) groups excluding carboxylic acids is 1. The van der Waals surface area contributed by atoms with Crippen molar-refractivity contribution >= 4 is 21.6 Å². The van der Waals surface area contributed by atoms with E-state index >= 15 is 0 Å². The van der Waals surface area contributed by atoms with Crippen LogP contribution in [0.5, 0.6) is 17.2 Å². The van der Waals surface area contributed by atoms with Gasteiger partial charge in [0, 0.05) is 38.3 Å². The molecule has 0 bridgehead atoms. The largest absolute Gasteiger partial charge is 0.493 e. The summed E-state index contributed by atoms with van der Waals surface area (Å²) >= 11 is 0. The summed E-state index contributed by atoms with van der Waals surface area (Å²) in [6.07, 6.45) is 2.57. The highest BCUT2D eigenvalue weighted by Gasteiger charge is 2.35. The Kier molecular flexibility index (Phi) is 7.56. The van der Waals surface area contributed by atoms with Crippen LogP contribution in [-0.2, 0) is 14.8 Å². The van der Waals surface area contributed by atoms with E-state index in [2.05, 4.69) is 12.1 Å². The summed E-state index contributed by atoms with van der Waals surface area (Å²) < 4.78 is 43.0. The van der Waals surface area contributed by atoms with Crippen molar-refractivity contribution in [3.8, 4) is 17.2 Å². The predicted molar refractivity (Wildman–Crippen MR) is 135 cm³/mol. The molecule has 4 rings (SSSR count). The molecule has 2 aliphatic rings. The predicted octanol–water partition coefficient (Wildman–Crippen LogP) is 3.81. The standard InChI is InChI=1S/C26H34N2O6S/c1-18(2)35(30,31)27(3)15-16-33-23-12-9-21(17-25(23)32-4)28-14-13-24(26(28)29)34-22-10-7-20(8-11-22)19-5-6-19/h7-12,17-19,24H,5-6,13-16H2,1-4H3/t24-/m0/s1. The highest BCUT2D eigenvalue weighted by Crippen LogP contribution is 2.40. The maximum atomic E-state index is 13.0. The van der Waals surface area contributed by atoms with Crippen LogP contribution < -0.4 is 19.1 Å². The smallest absolute Gasteiger partial charge is 0.268 e. The summed E-state index contributed by atoms with van der Waals surface area (Å²) in [5.41, 5.74) is 2.04. The Hall–Kier alpha value is -2.78. The molecule has 2 aromatic carbocycles. The lowest BCUT2D eigenvalue weighted by molar-refractivity contribution is -0.122. The lowest BCUT2D eigenvalue weighted by Crippen LogP contribution is -2.35. The van der Waals surface area contributed by atoms with Crippen molar-refractivity contribution in [1.29, 1.82) is 0 Å². The molecule has 2 aromatic rings. The Balaban J connectivity index is 1.36. The number of rotatable bonds is 11. The van der Waals surface area contributed by atoms with E-state index in [4.69, 9.17) is 14.2 Å². The minimum atomic E-state index is -3.34. The zero-order chi connectivity index (χ0) is 25.2. The van der Waals surface area contributed by atoms with E-state index in [1.54, 1.807) is 36.9 Å². The van der Waals surface area contributed by atoms with Gasteiger partial charge in [-0.3, -0.25) is 4.79 Å². The number of hydrogen-bond donors (Lipinski definition) is 0. The third-order valence-electron chi connectivity index (χ3n) is 6.52. The van der Waals surface area contributed by atoms with Crippen LogP contribution in [0.4, 0.5) is 5.69 Å². The first kappa shape index (κ1) is 25.3. The van der Waals surface area contributed by atoms with Gasteiger partial charge in [-0.15, -0.1) is 0 Å². The van der Waals surface area contributed by atoms with E-state index in [0.717, 1.165) is 0 Å². The molecule has 1 saturated heterocycles. The minimum Gasteiger partial charge on any atom is -0.493 e. The van der Waals surface area contributed by atoms with E-state index in [-0.39, 0.29) is 19.1 Å². The van der Waals surface area contributed by atoms with E-state index in [9.17, 15) is 13.2 Å². The molecule has 0 radical (unpaired) electrons. The molecular weight excluding hydrogens is 468 g/mol. The summed E-state index contributed by atoms with van der Waals surface area (Å²) in [6, 6.07) is 13.4. The fourth-order valence-electron chi connectivity index (χ4n) is 4.13. The quantitative estimate of drug-likeness (QED) is 0.465. The third kappa shape index (κ3) is 5.73. The third-order valence-corrected chi connectivity index (χ3v) is 8.76. The van der Waals surface area contributed by atoms with Crippen LogP contribution in [0.3, 0.4) is 0 Å². The molecular formula is C26H34N2O6S. The summed E-state index contributed by atoms with van der Waals surface area (Å²) in [7, 11) is -0.264. The van der Waals surface area contributed by atoms with Crippen LogP contribution >= 0.6 is 0 Å². The second-order valence-electron chi connectivity index (χ2n) is 9.33. The molecule has 0 N–H and O–H groups in total. The van der Waals surface area contributed by atoms with Crippen LogP contribution in [0.25, 0.3) is 0 Å². The van der Waals surface area contributed by atoms with Crippen LogP contribution in [0.2, 0.25) is 0 Å². The molecule has 8 nitrogen and oxygen atoms in total. The number of nitrogens with zero attached hydrogens (tertiary/aromatic N) is 2. The van der Waals surface area contributed by atoms with Gasteiger partial charge in [0.25, 0.3) is 5.91 Å². The van der Waals surface area contributed by atoms with Gasteiger partial charge in [0.15, 0.2) is 17.6 Å². The van der Waals surface area contributed by atoms with E-state index in [0.29, 0.717) is 41.8 Å². The average Bonchev–Trinajstić information content (AvgIpc) is 3.63. The van der Waals surface area contributed by atoms with Crippen LogP contribution in [0.1, 0.15) is 44.6 Å². The second kappa shape index (κ2) is 10.5. The van der Waals surface area contributed by atoms with Gasteiger partial charge in [-0.25, -0.2) is 12.7 Å². The summed E-state index contributed by atoms with van der Waals surface area (Å²) in [4.78, 5) is 14.7. The van der Waals surface area contributed by atoms with Crippen molar-refractivity contribution in [3.05, 3.63) is 48.0 Å². The molecule has 1 atom stereocenters. The Morgan fingerprint density at radius 3 is 2.40 bits per heavy atom. The first-order chi connectivity index (χ1) is 16.7. The number of anilines is 1. The van der Waals surface area contributed by atoms with Crippen molar-refractivity contribution in [3.63, 3.8) is 0 Å². The highest BCUT2D eigenvalue weighted by atomic mass is 32.2. The number of methoxy groups -OCH3 is 1. The molecule has 190 valence electrons. The van der Waals surface area contributed by atoms with Crippen molar-refractivity contribution in [2.45, 2.75) is 50.4 Å². The van der Waals surface area contributed by atoms with E-state index in [1.807, 2.05) is 12.1 Å². The lowest BCUT2D eigenvalue weighted by atomic mass is 10.1. The lowest BCUT2D eigenvalue weighted by Gasteiger charge is -2.21.